The number of aliphatic imine (C=N–C) groups is 1. The van der Waals surface area contributed by atoms with Crippen molar-refractivity contribution >= 4 is 34.3 Å². The number of rotatable bonds is 3. The molecule has 0 unspecified atom stereocenters. The number of Topliss-reactive ketones (excluding diaryl/α,β-unsaturated/α-hetero) is 1. The highest BCUT2D eigenvalue weighted by molar-refractivity contribution is 8.14. The van der Waals surface area contributed by atoms with Gasteiger partial charge in [0.1, 0.15) is 0 Å². The molecule has 0 spiro atoms. The SMILES string of the molecule is CC(=O)c1ccc(N=C2NC(=O)C[C@@H](c3ccccc3)S2)cc1. The van der Waals surface area contributed by atoms with Crippen LogP contribution in [-0.2, 0) is 4.79 Å². The molecule has 1 N–H and O–H groups in total. The molecule has 5 heteroatoms. The van der Waals surface area contributed by atoms with E-state index in [2.05, 4.69) is 10.3 Å². The van der Waals surface area contributed by atoms with Gasteiger partial charge in [0.2, 0.25) is 5.91 Å². The maximum Gasteiger partial charge on any atom is 0.227 e. The largest absolute Gasteiger partial charge is 0.305 e. The van der Waals surface area contributed by atoms with Crippen LogP contribution >= 0.6 is 11.8 Å². The quantitative estimate of drug-likeness (QED) is 0.872. The molecule has 1 saturated heterocycles. The minimum Gasteiger partial charge on any atom is -0.305 e. The maximum atomic E-state index is 11.9. The predicted molar refractivity (Wildman–Crippen MR) is 93.1 cm³/mol. The van der Waals surface area contributed by atoms with Crippen LogP contribution in [0.5, 0.6) is 0 Å². The molecule has 1 aliphatic heterocycles. The molecule has 0 aliphatic carbocycles. The third-order valence-corrected chi connectivity index (χ3v) is 4.69. The minimum atomic E-state index is -0.0308. The third kappa shape index (κ3) is 3.87. The normalized spacial score (nSPS) is 19.4. The molecule has 1 heterocycles. The van der Waals surface area contributed by atoms with Gasteiger partial charge in [-0.1, -0.05) is 42.1 Å². The first kappa shape index (κ1) is 15.5. The van der Waals surface area contributed by atoms with Gasteiger partial charge in [-0.25, -0.2) is 4.99 Å². The molecule has 1 fully saturated rings. The van der Waals surface area contributed by atoms with Gasteiger partial charge in [0, 0.05) is 17.2 Å². The van der Waals surface area contributed by atoms with Crippen molar-refractivity contribution in [2.45, 2.75) is 18.6 Å². The van der Waals surface area contributed by atoms with Crippen LogP contribution in [0.25, 0.3) is 0 Å². The fraction of sp³-hybridized carbons (Fsp3) is 0.167. The summed E-state index contributed by atoms with van der Waals surface area (Å²) in [5.74, 6) is -0.00889. The number of amidine groups is 1. The first-order valence-electron chi connectivity index (χ1n) is 7.33. The number of amides is 1. The number of hydrogen-bond donors (Lipinski definition) is 1. The van der Waals surface area contributed by atoms with Crippen LogP contribution in [0, 0.1) is 0 Å². The van der Waals surface area contributed by atoms with Crippen molar-refractivity contribution in [3.05, 3.63) is 65.7 Å². The molecule has 1 atom stereocenters. The third-order valence-electron chi connectivity index (χ3n) is 3.55. The molecule has 23 heavy (non-hydrogen) atoms. The standard InChI is InChI=1S/C18H16N2O2S/c1-12(21)13-7-9-15(10-8-13)19-18-20-17(22)11-16(23-18)14-5-3-2-4-6-14/h2-10,16H,11H2,1H3,(H,19,20,22)/t16-/m0/s1. The van der Waals surface area contributed by atoms with Gasteiger partial charge < -0.3 is 5.32 Å². The summed E-state index contributed by atoms with van der Waals surface area (Å²) in [5.41, 5.74) is 2.48. The van der Waals surface area contributed by atoms with Crippen molar-refractivity contribution in [1.82, 2.24) is 5.32 Å². The number of hydrogen-bond acceptors (Lipinski definition) is 4. The van der Waals surface area contributed by atoms with Crippen molar-refractivity contribution in [1.29, 1.82) is 0 Å². The molecule has 2 aromatic carbocycles. The molecular formula is C18H16N2O2S. The van der Waals surface area contributed by atoms with Crippen molar-refractivity contribution in [3.8, 4) is 0 Å². The number of nitrogens with zero attached hydrogens (tertiary/aromatic N) is 1. The Morgan fingerprint density at radius 3 is 2.48 bits per heavy atom. The van der Waals surface area contributed by atoms with Gasteiger partial charge in [-0.15, -0.1) is 0 Å². The zero-order valence-corrected chi connectivity index (χ0v) is 13.5. The van der Waals surface area contributed by atoms with E-state index in [1.165, 1.54) is 6.92 Å². The second kappa shape index (κ2) is 6.79. The molecule has 0 saturated carbocycles. The first-order chi connectivity index (χ1) is 11.1. The van der Waals surface area contributed by atoms with Gasteiger partial charge in [0.25, 0.3) is 0 Å². The number of benzene rings is 2. The lowest BCUT2D eigenvalue weighted by atomic mass is 10.1. The molecule has 0 bridgehead atoms. The molecule has 0 radical (unpaired) electrons. The Labute approximate surface area is 139 Å². The highest BCUT2D eigenvalue weighted by Gasteiger charge is 2.25. The monoisotopic (exact) mass is 324 g/mol. The Morgan fingerprint density at radius 1 is 1.13 bits per heavy atom. The van der Waals surface area contributed by atoms with E-state index in [4.69, 9.17) is 0 Å². The summed E-state index contributed by atoms with van der Waals surface area (Å²) < 4.78 is 0. The lowest BCUT2D eigenvalue weighted by Crippen LogP contribution is -2.34. The van der Waals surface area contributed by atoms with Gasteiger partial charge in [-0.3, -0.25) is 9.59 Å². The smallest absolute Gasteiger partial charge is 0.227 e. The van der Waals surface area contributed by atoms with E-state index in [-0.39, 0.29) is 16.9 Å². The maximum absolute atomic E-state index is 11.9. The Bertz CT molecular complexity index is 754. The summed E-state index contributed by atoms with van der Waals surface area (Å²) in [6, 6.07) is 17.0. The lowest BCUT2D eigenvalue weighted by Gasteiger charge is -2.23. The summed E-state index contributed by atoms with van der Waals surface area (Å²) in [6.45, 7) is 1.53. The molecule has 2 aromatic rings. The van der Waals surface area contributed by atoms with Crippen molar-refractivity contribution < 1.29 is 9.59 Å². The summed E-state index contributed by atoms with van der Waals surface area (Å²) in [6.07, 6.45) is 0.441. The summed E-state index contributed by atoms with van der Waals surface area (Å²) in [5, 5.41) is 3.47. The molecule has 1 amide bonds. The van der Waals surface area contributed by atoms with Crippen LogP contribution in [0.4, 0.5) is 5.69 Å². The van der Waals surface area contributed by atoms with Gasteiger partial charge >= 0.3 is 0 Å². The van der Waals surface area contributed by atoms with Crippen LogP contribution < -0.4 is 5.32 Å². The van der Waals surface area contributed by atoms with Crippen LogP contribution in [0.1, 0.15) is 34.5 Å². The highest BCUT2D eigenvalue weighted by Crippen LogP contribution is 2.36. The van der Waals surface area contributed by atoms with Crippen LogP contribution in [-0.4, -0.2) is 16.9 Å². The second-order valence-electron chi connectivity index (χ2n) is 5.29. The van der Waals surface area contributed by atoms with Crippen LogP contribution in [0.15, 0.2) is 59.6 Å². The number of thioether (sulfide) groups is 1. The summed E-state index contributed by atoms with van der Waals surface area (Å²) in [4.78, 5) is 27.7. The minimum absolute atomic E-state index is 0.0219. The zero-order chi connectivity index (χ0) is 16.2. The topological polar surface area (TPSA) is 58.5 Å². The molecular weight excluding hydrogens is 308 g/mol. The van der Waals surface area contributed by atoms with E-state index in [1.807, 2.05) is 30.3 Å². The molecule has 0 aromatic heterocycles. The predicted octanol–water partition coefficient (Wildman–Crippen LogP) is 3.87. The molecule has 1 aliphatic rings. The number of ketones is 1. The Hall–Kier alpha value is -2.40. The zero-order valence-electron chi connectivity index (χ0n) is 12.7. The second-order valence-corrected chi connectivity index (χ2v) is 6.48. The van der Waals surface area contributed by atoms with Gasteiger partial charge in [0.05, 0.1) is 5.69 Å². The van der Waals surface area contributed by atoms with E-state index in [1.54, 1.807) is 36.0 Å². The Morgan fingerprint density at radius 2 is 1.83 bits per heavy atom. The van der Waals surface area contributed by atoms with E-state index in [0.717, 1.165) is 5.56 Å². The van der Waals surface area contributed by atoms with E-state index in [0.29, 0.717) is 22.8 Å². The number of nitrogens with one attached hydrogen (secondary N) is 1. The summed E-state index contributed by atoms with van der Waals surface area (Å²) >= 11 is 1.54. The van der Waals surface area contributed by atoms with Crippen molar-refractivity contribution in [2.75, 3.05) is 0 Å². The van der Waals surface area contributed by atoms with Crippen LogP contribution in [0.2, 0.25) is 0 Å². The first-order valence-corrected chi connectivity index (χ1v) is 8.21. The average molecular weight is 324 g/mol. The Kier molecular flexibility index (Phi) is 4.57. The highest BCUT2D eigenvalue weighted by atomic mass is 32.2. The van der Waals surface area contributed by atoms with Gasteiger partial charge in [-0.05, 0) is 36.8 Å². The fourth-order valence-electron chi connectivity index (χ4n) is 2.34. The molecule has 3 rings (SSSR count). The van der Waals surface area contributed by atoms with Crippen molar-refractivity contribution in [2.24, 2.45) is 4.99 Å². The van der Waals surface area contributed by atoms with Crippen LogP contribution in [0.3, 0.4) is 0 Å². The van der Waals surface area contributed by atoms with E-state index in [9.17, 15) is 9.59 Å². The fourth-order valence-corrected chi connectivity index (χ4v) is 3.47. The van der Waals surface area contributed by atoms with E-state index >= 15 is 0 Å². The molecule has 116 valence electrons. The summed E-state index contributed by atoms with van der Waals surface area (Å²) in [7, 11) is 0. The Balaban J connectivity index is 1.81. The number of carbonyl (C=O) groups is 2. The molecule has 4 nitrogen and oxygen atoms in total. The van der Waals surface area contributed by atoms with Gasteiger partial charge in [-0.2, -0.15) is 0 Å². The lowest BCUT2D eigenvalue weighted by molar-refractivity contribution is -0.119. The van der Waals surface area contributed by atoms with Crippen molar-refractivity contribution in [3.63, 3.8) is 0 Å². The van der Waals surface area contributed by atoms with Gasteiger partial charge in [0.15, 0.2) is 11.0 Å². The number of carbonyl (C=O) groups excluding carboxylic acids is 2. The average Bonchev–Trinajstić information content (AvgIpc) is 2.55. The van der Waals surface area contributed by atoms with E-state index < -0.39 is 0 Å².